The summed E-state index contributed by atoms with van der Waals surface area (Å²) < 4.78 is 4.70. The molecule has 0 unspecified atom stereocenters. The lowest BCUT2D eigenvalue weighted by atomic mass is 9.94. The SMILES string of the molecule is c1ccc(-c2cc(-c3ccccc3)cc(-c3cnc(-n4c5ccccc5c5ccc6c7ccc8ccccc8c7n(-c7ccccc7)c6c54)nc3)c2)cc1. The molecule has 0 amide bonds. The highest BCUT2D eigenvalue weighted by atomic mass is 15.2. The quantitative estimate of drug-likeness (QED) is 0.180. The fourth-order valence-electron chi connectivity index (χ4n) is 8.33. The lowest BCUT2D eigenvalue weighted by molar-refractivity contribution is 0.990. The van der Waals surface area contributed by atoms with Gasteiger partial charge in [0.2, 0.25) is 5.95 Å². The maximum atomic E-state index is 5.16. The van der Waals surface area contributed by atoms with Crippen LogP contribution in [-0.2, 0) is 0 Å². The van der Waals surface area contributed by atoms with Crippen LogP contribution in [0.1, 0.15) is 0 Å². The van der Waals surface area contributed by atoms with E-state index in [-0.39, 0.29) is 0 Å². The number of aromatic nitrogens is 4. The van der Waals surface area contributed by atoms with Gasteiger partial charge in [0.25, 0.3) is 0 Å². The molecule has 4 nitrogen and oxygen atoms in total. The fraction of sp³-hybridized carbons (Fsp3) is 0. The van der Waals surface area contributed by atoms with Gasteiger partial charge in [0.05, 0.1) is 22.1 Å². The highest BCUT2D eigenvalue weighted by Crippen LogP contribution is 2.43. The zero-order valence-electron chi connectivity index (χ0n) is 29.3. The molecule has 4 heteroatoms. The number of para-hydroxylation sites is 2. The van der Waals surface area contributed by atoms with Crippen molar-refractivity contribution in [2.75, 3.05) is 0 Å². The van der Waals surface area contributed by atoms with Gasteiger partial charge in [0.1, 0.15) is 0 Å². The van der Waals surface area contributed by atoms with Crippen molar-refractivity contribution in [3.63, 3.8) is 0 Å². The number of hydrogen-bond acceptors (Lipinski definition) is 2. The molecular formula is C50H32N4. The Bertz CT molecular complexity index is 3120. The van der Waals surface area contributed by atoms with E-state index in [1.165, 1.54) is 43.6 Å². The molecule has 0 saturated carbocycles. The van der Waals surface area contributed by atoms with Crippen molar-refractivity contribution in [2.24, 2.45) is 0 Å². The van der Waals surface area contributed by atoms with E-state index < -0.39 is 0 Å². The Morgan fingerprint density at radius 2 is 0.796 bits per heavy atom. The lowest BCUT2D eigenvalue weighted by Crippen LogP contribution is -2.03. The number of fused-ring (bicyclic) bond motifs is 9. The summed E-state index contributed by atoms with van der Waals surface area (Å²) in [7, 11) is 0. The number of nitrogens with zero attached hydrogens (tertiary/aromatic N) is 4. The number of hydrogen-bond donors (Lipinski definition) is 0. The molecule has 11 aromatic rings. The van der Waals surface area contributed by atoms with Gasteiger partial charge in [-0.3, -0.25) is 4.57 Å². The van der Waals surface area contributed by atoms with E-state index in [1.54, 1.807) is 0 Å². The average Bonchev–Trinajstić information content (AvgIpc) is 3.78. The molecule has 252 valence electrons. The molecule has 0 spiro atoms. The molecule has 8 aromatic carbocycles. The van der Waals surface area contributed by atoms with Crippen LogP contribution in [0.4, 0.5) is 0 Å². The second-order valence-corrected chi connectivity index (χ2v) is 13.9. The van der Waals surface area contributed by atoms with Crippen molar-refractivity contribution in [1.82, 2.24) is 19.1 Å². The van der Waals surface area contributed by atoms with E-state index in [2.05, 4.69) is 191 Å². The van der Waals surface area contributed by atoms with Crippen LogP contribution in [0.3, 0.4) is 0 Å². The molecular weight excluding hydrogens is 657 g/mol. The van der Waals surface area contributed by atoms with Gasteiger partial charge in [0.15, 0.2) is 0 Å². The second kappa shape index (κ2) is 12.1. The van der Waals surface area contributed by atoms with Crippen LogP contribution in [0, 0.1) is 0 Å². The van der Waals surface area contributed by atoms with Gasteiger partial charge < -0.3 is 4.57 Å². The van der Waals surface area contributed by atoms with E-state index in [0.29, 0.717) is 5.95 Å². The molecule has 0 aliphatic carbocycles. The van der Waals surface area contributed by atoms with E-state index in [0.717, 1.165) is 49.9 Å². The van der Waals surface area contributed by atoms with Crippen molar-refractivity contribution >= 4 is 54.4 Å². The molecule has 0 bridgehead atoms. The first-order valence-corrected chi connectivity index (χ1v) is 18.3. The Hall–Kier alpha value is -7.30. The van der Waals surface area contributed by atoms with Crippen molar-refractivity contribution < 1.29 is 0 Å². The van der Waals surface area contributed by atoms with Gasteiger partial charge in [-0.25, -0.2) is 9.97 Å². The van der Waals surface area contributed by atoms with E-state index in [4.69, 9.17) is 9.97 Å². The predicted octanol–water partition coefficient (Wildman–Crippen LogP) is 12.8. The van der Waals surface area contributed by atoms with Crippen LogP contribution < -0.4 is 0 Å². The summed E-state index contributed by atoms with van der Waals surface area (Å²) in [4.78, 5) is 10.3. The standard InChI is InChI=1S/C50H32N4/c1-4-14-33(15-5-1)36-28-37(34-16-6-2-7-17-34)30-38(29-36)39-31-51-50(52-32-39)54-46-23-13-12-22-42(46)43-26-27-45-44-25-24-35-18-10-11-21-41(35)47(44)53(48(45)49(43)54)40-19-8-3-9-20-40/h1-32H. The molecule has 0 radical (unpaired) electrons. The topological polar surface area (TPSA) is 35.6 Å². The van der Waals surface area contributed by atoms with Gasteiger partial charge in [-0.05, 0) is 69.6 Å². The molecule has 0 saturated heterocycles. The normalized spacial score (nSPS) is 11.7. The molecule has 0 aliphatic rings. The smallest absolute Gasteiger partial charge is 0.234 e. The van der Waals surface area contributed by atoms with Gasteiger partial charge in [-0.15, -0.1) is 0 Å². The summed E-state index contributed by atoms with van der Waals surface area (Å²) >= 11 is 0. The summed E-state index contributed by atoms with van der Waals surface area (Å²) in [6.45, 7) is 0. The predicted molar refractivity (Wildman–Crippen MR) is 225 cm³/mol. The Morgan fingerprint density at radius 1 is 0.315 bits per heavy atom. The minimum Gasteiger partial charge on any atom is -0.307 e. The zero-order chi connectivity index (χ0) is 35.6. The highest BCUT2D eigenvalue weighted by Gasteiger charge is 2.23. The molecule has 0 aliphatic heterocycles. The van der Waals surface area contributed by atoms with Crippen LogP contribution >= 0.6 is 0 Å². The Morgan fingerprint density at radius 3 is 1.46 bits per heavy atom. The van der Waals surface area contributed by atoms with Crippen LogP contribution in [0.2, 0.25) is 0 Å². The maximum Gasteiger partial charge on any atom is 0.234 e. The molecule has 3 heterocycles. The molecule has 0 atom stereocenters. The second-order valence-electron chi connectivity index (χ2n) is 13.9. The minimum atomic E-state index is 0.634. The maximum absolute atomic E-state index is 5.16. The van der Waals surface area contributed by atoms with Gasteiger partial charge >= 0.3 is 0 Å². The largest absolute Gasteiger partial charge is 0.307 e. The van der Waals surface area contributed by atoms with E-state index in [9.17, 15) is 0 Å². The summed E-state index contributed by atoms with van der Waals surface area (Å²) in [5.74, 6) is 0.634. The Balaban J connectivity index is 1.17. The third kappa shape index (κ3) is 4.70. The van der Waals surface area contributed by atoms with E-state index >= 15 is 0 Å². The van der Waals surface area contributed by atoms with Crippen LogP contribution in [0.15, 0.2) is 194 Å². The van der Waals surface area contributed by atoms with Gasteiger partial charge in [-0.1, -0.05) is 146 Å². The first kappa shape index (κ1) is 30.3. The Labute approximate surface area is 311 Å². The third-order valence-electron chi connectivity index (χ3n) is 10.8. The lowest BCUT2D eigenvalue weighted by Gasteiger charge is -2.13. The van der Waals surface area contributed by atoms with E-state index in [1.807, 2.05) is 12.4 Å². The monoisotopic (exact) mass is 688 g/mol. The van der Waals surface area contributed by atoms with Crippen molar-refractivity contribution in [1.29, 1.82) is 0 Å². The summed E-state index contributed by atoms with van der Waals surface area (Å²) in [5.41, 5.74) is 12.3. The first-order valence-electron chi connectivity index (χ1n) is 18.3. The van der Waals surface area contributed by atoms with Crippen LogP contribution in [0.5, 0.6) is 0 Å². The van der Waals surface area contributed by atoms with Crippen LogP contribution in [0.25, 0.3) is 99.4 Å². The zero-order valence-corrected chi connectivity index (χ0v) is 29.3. The van der Waals surface area contributed by atoms with Crippen molar-refractivity contribution in [3.8, 4) is 45.0 Å². The summed E-state index contributed by atoms with van der Waals surface area (Å²) in [6.07, 6.45) is 3.95. The Kier molecular flexibility index (Phi) is 6.82. The summed E-state index contributed by atoms with van der Waals surface area (Å²) in [5, 5.41) is 7.18. The van der Waals surface area contributed by atoms with Gasteiger partial charge in [-0.2, -0.15) is 0 Å². The molecule has 0 N–H and O–H groups in total. The first-order chi connectivity index (χ1) is 26.8. The summed E-state index contributed by atoms with van der Waals surface area (Å²) in [6, 6.07) is 64.9. The number of rotatable bonds is 5. The molecule has 0 fully saturated rings. The van der Waals surface area contributed by atoms with Crippen molar-refractivity contribution in [3.05, 3.63) is 194 Å². The fourth-order valence-corrected chi connectivity index (χ4v) is 8.33. The third-order valence-corrected chi connectivity index (χ3v) is 10.8. The highest BCUT2D eigenvalue weighted by molar-refractivity contribution is 6.26. The van der Waals surface area contributed by atoms with Crippen molar-refractivity contribution in [2.45, 2.75) is 0 Å². The molecule has 54 heavy (non-hydrogen) atoms. The average molecular weight is 689 g/mol. The minimum absolute atomic E-state index is 0.634. The number of benzene rings is 8. The molecule has 3 aromatic heterocycles. The van der Waals surface area contributed by atoms with Crippen LogP contribution in [-0.4, -0.2) is 19.1 Å². The molecule has 11 rings (SSSR count). The van der Waals surface area contributed by atoms with Gasteiger partial charge in [0, 0.05) is 50.6 Å².